The summed E-state index contributed by atoms with van der Waals surface area (Å²) in [7, 11) is 3.31. The predicted octanol–water partition coefficient (Wildman–Crippen LogP) is 3.29. The van der Waals surface area contributed by atoms with E-state index in [4.69, 9.17) is 4.74 Å². The van der Waals surface area contributed by atoms with Crippen LogP contribution in [0.2, 0.25) is 0 Å². The zero-order valence-corrected chi connectivity index (χ0v) is 16.5. The lowest BCUT2D eigenvalue weighted by Crippen LogP contribution is -2.27. The van der Waals surface area contributed by atoms with Gasteiger partial charge < -0.3 is 15.0 Å². The molecule has 1 N–H and O–H groups in total. The molecular formula is C23H23N3O3. The van der Waals surface area contributed by atoms with Gasteiger partial charge in [-0.25, -0.2) is 0 Å². The van der Waals surface area contributed by atoms with E-state index in [-0.39, 0.29) is 11.8 Å². The van der Waals surface area contributed by atoms with Gasteiger partial charge in [0.1, 0.15) is 5.75 Å². The normalized spacial score (nSPS) is 10.3. The van der Waals surface area contributed by atoms with Crippen molar-refractivity contribution in [3.05, 3.63) is 95.3 Å². The van der Waals surface area contributed by atoms with Crippen LogP contribution in [0.15, 0.2) is 73.1 Å². The van der Waals surface area contributed by atoms with Gasteiger partial charge in [-0.05, 0) is 17.7 Å². The second-order valence-electron chi connectivity index (χ2n) is 6.60. The van der Waals surface area contributed by atoms with Gasteiger partial charge in [-0.15, -0.1) is 0 Å². The van der Waals surface area contributed by atoms with Crippen molar-refractivity contribution in [2.24, 2.45) is 0 Å². The second-order valence-corrected chi connectivity index (χ2v) is 6.60. The van der Waals surface area contributed by atoms with Crippen molar-refractivity contribution in [1.29, 1.82) is 0 Å². The maximum Gasteiger partial charge on any atom is 0.255 e. The van der Waals surface area contributed by atoms with Gasteiger partial charge >= 0.3 is 0 Å². The number of hydrogen-bond donors (Lipinski definition) is 1. The maximum atomic E-state index is 12.7. The van der Waals surface area contributed by atoms with Crippen LogP contribution >= 0.6 is 0 Å². The number of rotatable bonds is 7. The lowest BCUT2D eigenvalue weighted by atomic mass is 10.1. The first-order valence-electron chi connectivity index (χ1n) is 9.23. The molecule has 2 aromatic carbocycles. The molecule has 2 amide bonds. The number of para-hydroxylation sites is 1. The number of aromatic nitrogens is 1. The molecule has 29 heavy (non-hydrogen) atoms. The molecule has 148 valence electrons. The minimum atomic E-state index is -0.302. The lowest BCUT2D eigenvalue weighted by molar-refractivity contribution is 0.0784. The van der Waals surface area contributed by atoms with Crippen molar-refractivity contribution in [2.45, 2.75) is 13.1 Å². The summed E-state index contributed by atoms with van der Waals surface area (Å²) in [5.41, 5.74) is 2.60. The molecule has 0 radical (unpaired) electrons. The third-order valence-corrected chi connectivity index (χ3v) is 4.49. The Kier molecular flexibility index (Phi) is 6.58. The zero-order valence-electron chi connectivity index (χ0n) is 16.5. The summed E-state index contributed by atoms with van der Waals surface area (Å²) in [4.78, 5) is 30.9. The van der Waals surface area contributed by atoms with Gasteiger partial charge in [0.05, 0.1) is 18.2 Å². The molecule has 6 nitrogen and oxygen atoms in total. The minimum Gasteiger partial charge on any atom is -0.496 e. The van der Waals surface area contributed by atoms with Crippen molar-refractivity contribution in [3.63, 3.8) is 0 Å². The van der Waals surface area contributed by atoms with Gasteiger partial charge in [0.15, 0.2) is 0 Å². The molecule has 0 saturated carbocycles. The van der Waals surface area contributed by atoms with Gasteiger partial charge in [-0.1, -0.05) is 48.5 Å². The Morgan fingerprint density at radius 2 is 1.69 bits per heavy atom. The summed E-state index contributed by atoms with van der Waals surface area (Å²) in [5, 5.41) is 2.84. The highest BCUT2D eigenvalue weighted by molar-refractivity contribution is 5.99. The summed E-state index contributed by atoms with van der Waals surface area (Å²) in [6, 6.07) is 18.8. The molecule has 0 atom stereocenters. The number of carbonyl (C=O) groups is 2. The molecule has 0 aliphatic rings. The van der Waals surface area contributed by atoms with Crippen LogP contribution in [0.25, 0.3) is 0 Å². The number of amides is 2. The summed E-state index contributed by atoms with van der Waals surface area (Å²) >= 11 is 0. The number of hydrogen-bond acceptors (Lipinski definition) is 4. The fourth-order valence-electron chi connectivity index (χ4n) is 2.96. The van der Waals surface area contributed by atoms with Crippen LogP contribution in [-0.2, 0) is 13.1 Å². The number of benzene rings is 2. The quantitative estimate of drug-likeness (QED) is 0.673. The first-order chi connectivity index (χ1) is 14.1. The second kappa shape index (κ2) is 9.50. The number of pyridine rings is 1. The van der Waals surface area contributed by atoms with Crippen molar-refractivity contribution in [3.8, 4) is 5.75 Å². The Morgan fingerprint density at radius 3 is 2.45 bits per heavy atom. The van der Waals surface area contributed by atoms with Crippen molar-refractivity contribution >= 4 is 11.8 Å². The van der Waals surface area contributed by atoms with Gasteiger partial charge in [-0.3, -0.25) is 14.6 Å². The topological polar surface area (TPSA) is 71.5 Å². The number of methoxy groups -OCH3 is 1. The average Bonchev–Trinajstić information content (AvgIpc) is 2.77. The Morgan fingerprint density at radius 1 is 1.00 bits per heavy atom. The molecule has 6 heteroatoms. The molecule has 3 rings (SSSR count). The van der Waals surface area contributed by atoms with Crippen LogP contribution in [0.4, 0.5) is 0 Å². The van der Waals surface area contributed by atoms with Crippen molar-refractivity contribution < 1.29 is 14.3 Å². The number of ether oxygens (including phenoxy) is 1. The van der Waals surface area contributed by atoms with Crippen LogP contribution in [0.5, 0.6) is 5.75 Å². The third kappa shape index (κ3) is 5.19. The van der Waals surface area contributed by atoms with Gasteiger partial charge in [0.25, 0.3) is 11.8 Å². The summed E-state index contributed by atoms with van der Waals surface area (Å²) < 4.78 is 5.30. The maximum absolute atomic E-state index is 12.7. The smallest absolute Gasteiger partial charge is 0.255 e. The Balaban J connectivity index is 1.66. The molecule has 0 bridgehead atoms. The molecule has 3 aromatic rings. The summed E-state index contributed by atoms with van der Waals surface area (Å²) in [5.74, 6) is 0.210. The van der Waals surface area contributed by atoms with Crippen LogP contribution in [0.1, 0.15) is 31.8 Å². The van der Waals surface area contributed by atoms with E-state index >= 15 is 0 Å². The van der Waals surface area contributed by atoms with E-state index in [1.54, 1.807) is 25.1 Å². The molecule has 0 saturated heterocycles. The highest BCUT2D eigenvalue weighted by Crippen LogP contribution is 2.17. The first kappa shape index (κ1) is 20.1. The van der Waals surface area contributed by atoms with E-state index in [0.29, 0.717) is 30.0 Å². The molecule has 1 aromatic heterocycles. The van der Waals surface area contributed by atoms with Crippen molar-refractivity contribution in [2.75, 3.05) is 14.2 Å². The number of nitrogens with one attached hydrogen (secondary N) is 1. The van der Waals surface area contributed by atoms with Crippen LogP contribution < -0.4 is 10.1 Å². The van der Waals surface area contributed by atoms with Crippen LogP contribution in [-0.4, -0.2) is 35.9 Å². The Labute approximate surface area is 170 Å². The van der Waals surface area contributed by atoms with E-state index in [1.807, 2.05) is 54.6 Å². The fourth-order valence-corrected chi connectivity index (χ4v) is 2.96. The van der Waals surface area contributed by atoms with E-state index in [9.17, 15) is 9.59 Å². The first-order valence-corrected chi connectivity index (χ1v) is 9.23. The zero-order chi connectivity index (χ0) is 20.6. The van der Waals surface area contributed by atoms with E-state index in [2.05, 4.69) is 10.3 Å². The Hall–Kier alpha value is -3.67. The SMILES string of the molecule is COc1ccccc1CNC(=O)c1cncc(C(=O)N(C)Cc2ccccc2)c1. The standard InChI is InChI=1S/C23H23N3O3/c1-26(16-17-8-4-3-5-9-17)23(28)20-12-19(13-24-14-20)22(27)25-15-18-10-6-7-11-21(18)29-2/h3-14H,15-16H2,1-2H3,(H,25,27). The average molecular weight is 389 g/mol. The van der Waals surface area contributed by atoms with Gasteiger partial charge in [-0.2, -0.15) is 0 Å². The summed E-state index contributed by atoms with van der Waals surface area (Å²) in [6.45, 7) is 0.791. The molecule has 1 heterocycles. The molecular weight excluding hydrogens is 366 g/mol. The fraction of sp³-hybridized carbons (Fsp3) is 0.174. The highest BCUT2D eigenvalue weighted by atomic mass is 16.5. The number of carbonyl (C=O) groups excluding carboxylic acids is 2. The number of nitrogens with zero attached hydrogens (tertiary/aromatic N) is 2. The van der Waals surface area contributed by atoms with Crippen molar-refractivity contribution in [1.82, 2.24) is 15.2 Å². The van der Waals surface area contributed by atoms with E-state index in [0.717, 1.165) is 11.1 Å². The predicted molar refractivity (Wildman–Crippen MR) is 111 cm³/mol. The monoisotopic (exact) mass is 389 g/mol. The van der Waals surface area contributed by atoms with E-state index in [1.165, 1.54) is 12.4 Å². The molecule has 0 aliphatic heterocycles. The molecule has 0 unspecified atom stereocenters. The van der Waals surface area contributed by atoms with E-state index < -0.39 is 0 Å². The van der Waals surface area contributed by atoms with Gasteiger partial charge in [0, 0.05) is 38.1 Å². The Bertz CT molecular complexity index is 989. The third-order valence-electron chi connectivity index (χ3n) is 4.49. The van der Waals surface area contributed by atoms with Crippen LogP contribution in [0, 0.1) is 0 Å². The summed E-state index contributed by atoms with van der Waals surface area (Å²) in [6.07, 6.45) is 2.92. The minimum absolute atomic E-state index is 0.194. The molecule has 0 aliphatic carbocycles. The lowest BCUT2D eigenvalue weighted by Gasteiger charge is -2.17. The molecule has 0 fully saturated rings. The van der Waals surface area contributed by atoms with Gasteiger partial charge in [0.2, 0.25) is 0 Å². The molecule has 0 spiro atoms. The van der Waals surface area contributed by atoms with Crippen LogP contribution in [0.3, 0.4) is 0 Å². The largest absolute Gasteiger partial charge is 0.496 e. The highest BCUT2D eigenvalue weighted by Gasteiger charge is 2.15.